The number of rotatable bonds is 5. The van der Waals surface area contributed by atoms with Gasteiger partial charge in [0.2, 0.25) is 0 Å². The van der Waals surface area contributed by atoms with Crippen molar-refractivity contribution < 1.29 is 0 Å². The van der Waals surface area contributed by atoms with Gasteiger partial charge in [-0.2, -0.15) is 0 Å². The summed E-state index contributed by atoms with van der Waals surface area (Å²) in [6.07, 6.45) is 1.89. The summed E-state index contributed by atoms with van der Waals surface area (Å²) in [6, 6.07) is 10.5. The average molecular weight is 175 g/mol. The third-order valence-electron chi connectivity index (χ3n) is 2.11. The van der Waals surface area contributed by atoms with E-state index in [0.29, 0.717) is 5.92 Å². The zero-order chi connectivity index (χ0) is 9.52. The zero-order valence-electron chi connectivity index (χ0n) is 8.16. The lowest BCUT2D eigenvalue weighted by Gasteiger charge is -2.11. The fraction of sp³-hybridized carbons (Fsp3) is 0.333. The molecule has 13 heavy (non-hydrogen) atoms. The largest absolute Gasteiger partial charge is 0.313 e. The molecular formula is C12H17N. The normalized spacial score (nSPS) is 12.4. The Morgan fingerprint density at radius 2 is 2.08 bits per heavy atom. The zero-order valence-corrected chi connectivity index (χ0v) is 8.16. The van der Waals surface area contributed by atoms with Crippen LogP contribution in [0.1, 0.15) is 18.4 Å². The number of nitrogens with one attached hydrogen (secondary N) is 1. The van der Waals surface area contributed by atoms with Crippen molar-refractivity contribution in [3.05, 3.63) is 48.6 Å². The van der Waals surface area contributed by atoms with Gasteiger partial charge >= 0.3 is 0 Å². The first-order valence-corrected chi connectivity index (χ1v) is 4.71. The molecule has 0 aliphatic heterocycles. The molecule has 1 heteroatoms. The molecule has 70 valence electrons. The van der Waals surface area contributed by atoms with Gasteiger partial charge in [0.15, 0.2) is 0 Å². The summed E-state index contributed by atoms with van der Waals surface area (Å²) in [5.41, 5.74) is 1.39. The maximum absolute atomic E-state index is 3.67. The molecular weight excluding hydrogens is 158 g/mol. The minimum absolute atomic E-state index is 0.571. The minimum atomic E-state index is 0.571. The second-order valence-corrected chi connectivity index (χ2v) is 3.26. The summed E-state index contributed by atoms with van der Waals surface area (Å²) >= 11 is 0. The van der Waals surface area contributed by atoms with E-state index in [1.165, 1.54) is 5.56 Å². The van der Waals surface area contributed by atoms with Crippen LogP contribution >= 0.6 is 0 Å². The molecule has 1 N–H and O–H groups in total. The predicted molar refractivity (Wildman–Crippen MR) is 57.9 cm³/mol. The first kappa shape index (κ1) is 10.0. The summed E-state index contributed by atoms with van der Waals surface area (Å²) in [7, 11) is 0. The van der Waals surface area contributed by atoms with Crippen molar-refractivity contribution in [3.8, 4) is 0 Å². The van der Waals surface area contributed by atoms with E-state index in [-0.39, 0.29) is 0 Å². The molecule has 0 saturated heterocycles. The number of hydrogen-bond donors (Lipinski definition) is 1. The van der Waals surface area contributed by atoms with Gasteiger partial charge in [-0.3, -0.25) is 0 Å². The second-order valence-electron chi connectivity index (χ2n) is 3.26. The van der Waals surface area contributed by atoms with Crippen molar-refractivity contribution in [2.45, 2.75) is 12.8 Å². The highest BCUT2D eigenvalue weighted by molar-refractivity contribution is 5.18. The fourth-order valence-corrected chi connectivity index (χ4v) is 1.30. The van der Waals surface area contributed by atoms with Crippen LogP contribution in [0.3, 0.4) is 0 Å². The van der Waals surface area contributed by atoms with Crippen molar-refractivity contribution in [1.29, 1.82) is 0 Å². The van der Waals surface area contributed by atoms with E-state index in [1.54, 1.807) is 0 Å². The molecule has 0 aliphatic carbocycles. The van der Waals surface area contributed by atoms with Gasteiger partial charge in [-0.1, -0.05) is 43.3 Å². The highest BCUT2D eigenvalue weighted by atomic mass is 14.8. The van der Waals surface area contributed by atoms with Gasteiger partial charge in [0.25, 0.3) is 0 Å². The third-order valence-corrected chi connectivity index (χ3v) is 2.11. The Hall–Kier alpha value is -1.08. The number of benzene rings is 1. The maximum atomic E-state index is 3.67. The lowest BCUT2D eigenvalue weighted by atomic mass is 10.0. The van der Waals surface area contributed by atoms with Crippen molar-refractivity contribution in [3.63, 3.8) is 0 Å². The highest BCUT2D eigenvalue weighted by Gasteiger charge is 2.02. The van der Waals surface area contributed by atoms with Crippen molar-refractivity contribution >= 4 is 0 Å². The van der Waals surface area contributed by atoms with Crippen LogP contribution in [0.15, 0.2) is 43.0 Å². The second kappa shape index (κ2) is 5.55. The summed E-state index contributed by atoms with van der Waals surface area (Å²) in [6.45, 7) is 7.79. The monoisotopic (exact) mass is 175 g/mol. The molecule has 1 atom stereocenters. The van der Waals surface area contributed by atoms with Crippen molar-refractivity contribution in [1.82, 2.24) is 5.32 Å². The van der Waals surface area contributed by atoms with Crippen LogP contribution in [0.2, 0.25) is 0 Å². The molecule has 0 radical (unpaired) electrons. The topological polar surface area (TPSA) is 12.0 Å². The summed E-state index contributed by atoms with van der Waals surface area (Å²) in [4.78, 5) is 0. The Morgan fingerprint density at radius 3 is 2.69 bits per heavy atom. The van der Waals surface area contributed by atoms with Crippen LogP contribution in [0.4, 0.5) is 0 Å². The first-order valence-electron chi connectivity index (χ1n) is 4.71. The van der Waals surface area contributed by atoms with Gasteiger partial charge < -0.3 is 5.32 Å². The summed E-state index contributed by atoms with van der Waals surface area (Å²) in [5, 5.41) is 3.32. The average Bonchev–Trinajstić information content (AvgIpc) is 2.19. The Kier molecular flexibility index (Phi) is 4.27. The van der Waals surface area contributed by atoms with Crippen LogP contribution in [-0.2, 0) is 0 Å². The maximum Gasteiger partial charge on any atom is 0.0132 e. The Balaban J connectivity index is 2.39. The van der Waals surface area contributed by atoms with E-state index in [0.717, 1.165) is 13.1 Å². The molecule has 0 saturated carbocycles. The Bertz CT molecular complexity index is 241. The summed E-state index contributed by atoms with van der Waals surface area (Å²) in [5.74, 6) is 0.571. The predicted octanol–water partition coefficient (Wildman–Crippen LogP) is 2.57. The molecule has 1 rings (SSSR count). The van der Waals surface area contributed by atoms with Crippen molar-refractivity contribution in [2.24, 2.45) is 0 Å². The van der Waals surface area contributed by atoms with Gasteiger partial charge in [-0.15, -0.1) is 6.58 Å². The van der Waals surface area contributed by atoms with Crippen LogP contribution in [0.5, 0.6) is 0 Å². The molecule has 1 aromatic rings. The van der Waals surface area contributed by atoms with Crippen LogP contribution < -0.4 is 5.32 Å². The van der Waals surface area contributed by atoms with Crippen molar-refractivity contribution in [2.75, 3.05) is 13.1 Å². The SMILES string of the molecule is C=CCNC[C@H](C)c1ccccc1. The smallest absolute Gasteiger partial charge is 0.0132 e. The van der Waals surface area contributed by atoms with Gasteiger partial charge in [0.1, 0.15) is 0 Å². The van der Waals surface area contributed by atoms with Gasteiger partial charge in [0.05, 0.1) is 0 Å². The molecule has 1 nitrogen and oxygen atoms in total. The first-order chi connectivity index (χ1) is 6.34. The standard InChI is InChI=1S/C12H17N/c1-3-9-13-10-11(2)12-7-5-4-6-8-12/h3-8,11,13H,1,9-10H2,2H3/t11-/m0/s1. The lowest BCUT2D eigenvalue weighted by molar-refractivity contribution is 0.651. The third kappa shape index (κ3) is 3.43. The van der Waals surface area contributed by atoms with E-state index in [1.807, 2.05) is 12.1 Å². The molecule has 0 aliphatic rings. The Morgan fingerprint density at radius 1 is 1.38 bits per heavy atom. The quantitative estimate of drug-likeness (QED) is 0.535. The summed E-state index contributed by atoms with van der Waals surface area (Å²) < 4.78 is 0. The number of hydrogen-bond acceptors (Lipinski definition) is 1. The molecule has 0 fully saturated rings. The van der Waals surface area contributed by atoms with E-state index in [9.17, 15) is 0 Å². The minimum Gasteiger partial charge on any atom is -0.313 e. The van der Waals surface area contributed by atoms with E-state index >= 15 is 0 Å². The molecule has 0 unspecified atom stereocenters. The molecule has 0 bridgehead atoms. The van der Waals surface area contributed by atoms with Gasteiger partial charge in [-0.25, -0.2) is 0 Å². The molecule has 0 aromatic heterocycles. The van der Waals surface area contributed by atoms with Crippen LogP contribution in [-0.4, -0.2) is 13.1 Å². The van der Waals surface area contributed by atoms with E-state index in [4.69, 9.17) is 0 Å². The molecule has 0 spiro atoms. The van der Waals surface area contributed by atoms with Crippen LogP contribution in [0, 0.1) is 0 Å². The van der Waals surface area contributed by atoms with E-state index < -0.39 is 0 Å². The van der Waals surface area contributed by atoms with E-state index in [2.05, 4.69) is 43.1 Å². The lowest BCUT2D eigenvalue weighted by Crippen LogP contribution is -2.19. The highest BCUT2D eigenvalue weighted by Crippen LogP contribution is 2.12. The van der Waals surface area contributed by atoms with Gasteiger partial charge in [-0.05, 0) is 11.5 Å². The van der Waals surface area contributed by atoms with Gasteiger partial charge in [0, 0.05) is 13.1 Å². The fourth-order valence-electron chi connectivity index (χ4n) is 1.30. The molecule has 0 heterocycles. The molecule has 1 aromatic carbocycles. The Labute approximate surface area is 80.5 Å². The molecule has 0 amide bonds. The van der Waals surface area contributed by atoms with Crippen LogP contribution in [0.25, 0.3) is 0 Å².